The largest absolute Gasteiger partial charge is 0.456 e. The number of ether oxygens (including phenoxy) is 1. The van der Waals surface area contributed by atoms with E-state index in [2.05, 4.69) is 15.2 Å². The molecule has 1 aromatic heterocycles. The molecule has 2 rings (SSSR count). The van der Waals surface area contributed by atoms with Gasteiger partial charge in [0.1, 0.15) is 10.6 Å². The highest BCUT2D eigenvalue weighted by Crippen LogP contribution is 2.18. The summed E-state index contributed by atoms with van der Waals surface area (Å²) in [6.07, 6.45) is -0.223. The van der Waals surface area contributed by atoms with E-state index in [1.807, 2.05) is 32.0 Å². The van der Waals surface area contributed by atoms with Crippen LogP contribution in [0, 0.1) is 27.7 Å². The number of aryl methyl sites for hydroxylation is 4. The lowest BCUT2D eigenvalue weighted by Crippen LogP contribution is -2.28. The zero-order valence-corrected chi connectivity index (χ0v) is 17.0. The highest BCUT2D eigenvalue weighted by molar-refractivity contribution is 7.89. The Labute approximate surface area is 163 Å². The molecule has 152 valence electrons. The minimum absolute atomic E-state index is 0.0474. The van der Waals surface area contributed by atoms with E-state index in [0.29, 0.717) is 5.69 Å². The topological polar surface area (TPSA) is 128 Å². The van der Waals surface area contributed by atoms with Crippen LogP contribution in [0.15, 0.2) is 27.6 Å². The van der Waals surface area contributed by atoms with E-state index in [1.54, 1.807) is 0 Å². The summed E-state index contributed by atoms with van der Waals surface area (Å²) in [6, 6.07) is 5.62. The maximum Gasteiger partial charge on any atom is 0.307 e. The van der Waals surface area contributed by atoms with Gasteiger partial charge in [0.25, 0.3) is 5.91 Å². The molecule has 0 spiro atoms. The molecule has 0 aliphatic carbocycles. The van der Waals surface area contributed by atoms with Gasteiger partial charge >= 0.3 is 5.97 Å². The number of anilines is 1. The minimum atomic E-state index is -3.85. The van der Waals surface area contributed by atoms with Gasteiger partial charge in [0.05, 0.1) is 6.42 Å². The first-order chi connectivity index (χ1) is 13.1. The van der Waals surface area contributed by atoms with Gasteiger partial charge in [-0.1, -0.05) is 17.3 Å². The summed E-state index contributed by atoms with van der Waals surface area (Å²) in [5, 5.41) is 6.26. The maximum atomic E-state index is 12.2. The first kappa shape index (κ1) is 21.6. The second-order valence-corrected chi connectivity index (χ2v) is 8.03. The van der Waals surface area contributed by atoms with E-state index >= 15 is 0 Å². The van der Waals surface area contributed by atoms with Crippen molar-refractivity contribution in [2.45, 2.75) is 39.0 Å². The predicted molar refractivity (Wildman–Crippen MR) is 101 cm³/mol. The van der Waals surface area contributed by atoms with Crippen LogP contribution in [0.25, 0.3) is 0 Å². The Morgan fingerprint density at radius 3 is 2.54 bits per heavy atom. The van der Waals surface area contributed by atoms with Crippen LogP contribution in [0.2, 0.25) is 0 Å². The zero-order chi connectivity index (χ0) is 20.9. The van der Waals surface area contributed by atoms with Crippen molar-refractivity contribution in [3.05, 3.63) is 40.8 Å². The molecule has 9 nitrogen and oxygen atoms in total. The lowest BCUT2D eigenvalue weighted by molar-refractivity contribution is -0.147. The molecule has 0 aliphatic rings. The van der Waals surface area contributed by atoms with Gasteiger partial charge in [-0.15, -0.1) is 0 Å². The normalized spacial score (nSPS) is 11.3. The number of aromatic nitrogens is 1. The van der Waals surface area contributed by atoms with Crippen LogP contribution < -0.4 is 10.0 Å². The monoisotopic (exact) mass is 409 g/mol. The van der Waals surface area contributed by atoms with E-state index in [1.165, 1.54) is 13.8 Å². The molecule has 0 aliphatic heterocycles. The first-order valence-electron chi connectivity index (χ1n) is 8.55. The number of carbonyl (C=O) groups excluding carboxylic acids is 2. The Morgan fingerprint density at radius 1 is 1.18 bits per heavy atom. The number of carbonyl (C=O) groups is 2. The fourth-order valence-corrected chi connectivity index (χ4v) is 3.85. The third-order valence-electron chi connectivity index (χ3n) is 3.89. The van der Waals surface area contributed by atoms with Gasteiger partial charge < -0.3 is 14.6 Å². The summed E-state index contributed by atoms with van der Waals surface area (Å²) in [4.78, 5) is 23.6. The average Bonchev–Trinajstić information content (AvgIpc) is 2.95. The highest BCUT2D eigenvalue weighted by Gasteiger charge is 2.24. The van der Waals surface area contributed by atoms with Gasteiger partial charge in [-0.3, -0.25) is 9.59 Å². The number of sulfonamides is 1. The minimum Gasteiger partial charge on any atom is -0.456 e. The molecule has 0 saturated carbocycles. The van der Waals surface area contributed by atoms with Crippen molar-refractivity contribution in [1.29, 1.82) is 0 Å². The van der Waals surface area contributed by atoms with Crippen molar-refractivity contribution in [3.63, 3.8) is 0 Å². The molecule has 28 heavy (non-hydrogen) atoms. The molecular formula is C18H23N3O6S. The highest BCUT2D eigenvalue weighted by atomic mass is 32.2. The van der Waals surface area contributed by atoms with Gasteiger partial charge in [-0.25, -0.2) is 13.1 Å². The van der Waals surface area contributed by atoms with E-state index in [4.69, 9.17) is 9.26 Å². The van der Waals surface area contributed by atoms with Crippen molar-refractivity contribution in [1.82, 2.24) is 9.88 Å². The van der Waals surface area contributed by atoms with Crippen molar-refractivity contribution in [2.24, 2.45) is 0 Å². The molecule has 0 atom stereocenters. The Hall–Kier alpha value is -2.72. The standard InChI is InChI=1S/C18H23N3O6S/c1-11-5-6-12(2)15(9-11)20-16(22)10-26-17(23)7-8-19-28(24,25)18-13(3)21-27-14(18)4/h5-6,9,19H,7-8,10H2,1-4H3,(H,20,22). The summed E-state index contributed by atoms with van der Waals surface area (Å²) in [5.74, 6) is -1.01. The van der Waals surface area contributed by atoms with Gasteiger partial charge in [-0.05, 0) is 44.9 Å². The van der Waals surface area contributed by atoms with Gasteiger partial charge in [-0.2, -0.15) is 0 Å². The third-order valence-corrected chi connectivity index (χ3v) is 5.59. The smallest absolute Gasteiger partial charge is 0.307 e. The maximum absolute atomic E-state index is 12.2. The zero-order valence-electron chi connectivity index (χ0n) is 16.2. The van der Waals surface area contributed by atoms with Crippen molar-refractivity contribution in [2.75, 3.05) is 18.5 Å². The second-order valence-electron chi connectivity index (χ2n) is 6.33. The average molecular weight is 409 g/mol. The Kier molecular flexibility index (Phi) is 6.92. The van der Waals surface area contributed by atoms with Crippen LogP contribution in [0.5, 0.6) is 0 Å². The van der Waals surface area contributed by atoms with Crippen LogP contribution in [0.4, 0.5) is 5.69 Å². The lowest BCUT2D eigenvalue weighted by Gasteiger charge is -2.10. The summed E-state index contributed by atoms with van der Waals surface area (Å²) in [7, 11) is -3.85. The molecular weight excluding hydrogens is 386 g/mol. The van der Waals surface area contributed by atoms with Gasteiger partial charge in [0, 0.05) is 12.2 Å². The van der Waals surface area contributed by atoms with Crippen molar-refractivity contribution < 1.29 is 27.3 Å². The van der Waals surface area contributed by atoms with E-state index in [-0.39, 0.29) is 29.3 Å². The van der Waals surface area contributed by atoms with E-state index < -0.39 is 28.5 Å². The number of nitrogens with zero attached hydrogens (tertiary/aromatic N) is 1. The Bertz CT molecular complexity index is 962. The fraction of sp³-hybridized carbons (Fsp3) is 0.389. The van der Waals surface area contributed by atoms with Crippen LogP contribution in [-0.4, -0.2) is 38.6 Å². The van der Waals surface area contributed by atoms with Crippen LogP contribution >= 0.6 is 0 Å². The quantitative estimate of drug-likeness (QED) is 0.636. The molecule has 0 fully saturated rings. The van der Waals surface area contributed by atoms with Gasteiger partial charge in [0.2, 0.25) is 10.0 Å². The summed E-state index contributed by atoms with van der Waals surface area (Å²) < 4.78 is 36.4. The molecule has 1 aromatic carbocycles. The molecule has 0 unspecified atom stereocenters. The second kappa shape index (κ2) is 8.98. The van der Waals surface area contributed by atoms with Crippen LogP contribution in [0.1, 0.15) is 29.0 Å². The third kappa shape index (κ3) is 5.64. The fourth-order valence-electron chi connectivity index (χ4n) is 2.49. The number of hydrogen-bond acceptors (Lipinski definition) is 7. The van der Waals surface area contributed by atoms with Gasteiger partial charge in [0.15, 0.2) is 12.4 Å². The number of amides is 1. The molecule has 0 bridgehead atoms. The Morgan fingerprint density at radius 2 is 1.89 bits per heavy atom. The lowest BCUT2D eigenvalue weighted by atomic mass is 10.1. The van der Waals surface area contributed by atoms with Crippen molar-refractivity contribution >= 4 is 27.6 Å². The van der Waals surface area contributed by atoms with Crippen molar-refractivity contribution in [3.8, 4) is 0 Å². The molecule has 0 radical (unpaired) electrons. The number of esters is 1. The number of benzene rings is 1. The van der Waals surface area contributed by atoms with E-state index in [9.17, 15) is 18.0 Å². The molecule has 2 N–H and O–H groups in total. The summed E-state index contributed by atoms with van der Waals surface area (Å²) in [6.45, 7) is 6.11. The Balaban J connectivity index is 1.78. The summed E-state index contributed by atoms with van der Waals surface area (Å²) in [5.41, 5.74) is 2.76. The van der Waals surface area contributed by atoms with Crippen LogP contribution in [0.3, 0.4) is 0 Å². The number of rotatable bonds is 8. The number of nitrogens with one attached hydrogen (secondary N) is 2. The number of hydrogen-bond donors (Lipinski definition) is 2. The van der Waals surface area contributed by atoms with E-state index in [0.717, 1.165) is 11.1 Å². The first-order valence-corrected chi connectivity index (χ1v) is 10.0. The molecule has 1 heterocycles. The molecule has 0 saturated heterocycles. The molecule has 1 amide bonds. The molecule has 2 aromatic rings. The van der Waals surface area contributed by atoms with Crippen LogP contribution in [-0.2, 0) is 24.3 Å². The molecule has 10 heteroatoms. The SMILES string of the molecule is Cc1ccc(C)c(NC(=O)COC(=O)CCNS(=O)(=O)c2c(C)noc2C)c1. The summed E-state index contributed by atoms with van der Waals surface area (Å²) >= 11 is 0. The predicted octanol–water partition coefficient (Wildman–Crippen LogP) is 1.76.